The van der Waals surface area contributed by atoms with Gasteiger partial charge in [0.05, 0.1) is 12.7 Å². The Hall–Kier alpha value is -3.28. The average molecular weight is 312 g/mol. The third kappa shape index (κ3) is 4.34. The first-order valence-electron chi connectivity index (χ1n) is 6.77. The molecule has 0 saturated carbocycles. The van der Waals surface area contributed by atoms with E-state index in [1.165, 1.54) is 31.5 Å². The van der Waals surface area contributed by atoms with Crippen molar-refractivity contribution in [2.24, 2.45) is 5.10 Å². The first kappa shape index (κ1) is 16.1. The van der Waals surface area contributed by atoms with Crippen molar-refractivity contribution < 1.29 is 19.7 Å². The smallest absolute Gasteiger partial charge is 0.275 e. The van der Waals surface area contributed by atoms with Gasteiger partial charge in [0.25, 0.3) is 5.91 Å². The zero-order valence-corrected chi connectivity index (χ0v) is 12.4. The van der Waals surface area contributed by atoms with Crippen molar-refractivity contribution in [2.45, 2.75) is 0 Å². The number of amides is 1. The summed E-state index contributed by atoms with van der Waals surface area (Å²) in [4.78, 5) is 11.8. The van der Waals surface area contributed by atoms with Gasteiger partial charge >= 0.3 is 0 Å². The summed E-state index contributed by atoms with van der Waals surface area (Å²) in [5.74, 6) is -0.170. The second-order valence-corrected chi connectivity index (χ2v) is 4.53. The van der Waals surface area contributed by atoms with Crippen molar-refractivity contribution in [3.05, 3.63) is 59.7 Å². The molecule has 0 atom stereocenters. The summed E-state index contributed by atoms with van der Waals surface area (Å²) in [5.41, 5.74) is 3.27. The Morgan fingerprint density at radius 3 is 2.70 bits per heavy atom. The minimum Gasteiger partial charge on any atom is -0.507 e. The molecule has 6 heteroatoms. The first-order valence-corrected chi connectivity index (χ1v) is 6.77. The van der Waals surface area contributed by atoms with Crippen molar-refractivity contribution in [1.29, 1.82) is 0 Å². The number of ether oxygens (including phenoxy) is 1. The molecule has 0 aliphatic heterocycles. The van der Waals surface area contributed by atoms with E-state index in [0.717, 1.165) is 5.56 Å². The SMILES string of the molecule is COc1cc(/C=C/C=N/NC(=O)c2ccccc2O)ccc1O. The van der Waals surface area contributed by atoms with Crippen LogP contribution in [0.5, 0.6) is 17.2 Å². The number of allylic oxidation sites excluding steroid dienone is 1. The summed E-state index contributed by atoms with van der Waals surface area (Å²) in [5, 5.41) is 22.8. The summed E-state index contributed by atoms with van der Waals surface area (Å²) in [6.07, 6.45) is 4.76. The summed E-state index contributed by atoms with van der Waals surface area (Å²) in [6.45, 7) is 0. The molecule has 0 saturated heterocycles. The highest BCUT2D eigenvalue weighted by atomic mass is 16.5. The molecule has 0 bridgehead atoms. The Bertz CT molecular complexity index is 754. The summed E-state index contributed by atoms with van der Waals surface area (Å²) in [7, 11) is 1.47. The fraction of sp³-hybridized carbons (Fsp3) is 0.0588. The van der Waals surface area contributed by atoms with Crippen molar-refractivity contribution >= 4 is 18.2 Å². The maximum Gasteiger partial charge on any atom is 0.275 e. The van der Waals surface area contributed by atoms with Crippen LogP contribution in [0.15, 0.2) is 53.6 Å². The molecule has 0 fully saturated rings. The van der Waals surface area contributed by atoms with Gasteiger partial charge in [-0.3, -0.25) is 4.79 Å². The van der Waals surface area contributed by atoms with Crippen LogP contribution in [-0.2, 0) is 0 Å². The van der Waals surface area contributed by atoms with Crippen LogP contribution in [0.25, 0.3) is 6.08 Å². The van der Waals surface area contributed by atoms with E-state index in [0.29, 0.717) is 5.75 Å². The second-order valence-electron chi connectivity index (χ2n) is 4.53. The van der Waals surface area contributed by atoms with Gasteiger partial charge in [0.15, 0.2) is 11.5 Å². The van der Waals surface area contributed by atoms with Gasteiger partial charge in [0.1, 0.15) is 5.75 Å². The quantitative estimate of drug-likeness (QED) is 0.584. The number of hydrazone groups is 1. The van der Waals surface area contributed by atoms with Crippen LogP contribution < -0.4 is 10.2 Å². The molecule has 23 heavy (non-hydrogen) atoms. The number of phenols is 2. The van der Waals surface area contributed by atoms with Crippen LogP contribution >= 0.6 is 0 Å². The van der Waals surface area contributed by atoms with Crippen LogP contribution in [0.3, 0.4) is 0 Å². The molecule has 0 aromatic heterocycles. The molecule has 0 spiro atoms. The third-order valence-corrected chi connectivity index (χ3v) is 2.97. The molecule has 0 aliphatic carbocycles. The molecule has 2 aromatic carbocycles. The largest absolute Gasteiger partial charge is 0.507 e. The van der Waals surface area contributed by atoms with Gasteiger partial charge in [-0.05, 0) is 35.9 Å². The number of phenolic OH excluding ortho intramolecular Hbond substituents is 2. The van der Waals surface area contributed by atoms with E-state index in [1.54, 1.807) is 36.4 Å². The zero-order chi connectivity index (χ0) is 16.7. The lowest BCUT2D eigenvalue weighted by Crippen LogP contribution is -2.17. The lowest BCUT2D eigenvalue weighted by Gasteiger charge is -2.03. The van der Waals surface area contributed by atoms with Crippen molar-refractivity contribution in [1.82, 2.24) is 5.43 Å². The van der Waals surface area contributed by atoms with E-state index in [-0.39, 0.29) is 17.1 Å². The summed E-state index contributed by atoms with van der Waals surface area (Å²) in [6, 6.07) is 11.1. The van der Waals surface area contributed by atoms with E-state index in [2.05, 4.69) is 10.5 Å². The number of hydrogen-bond donors (Lipinski definition) is 3. The number of hydrogen-bond acceptors (Lipinski definition) is 5. The second kappa shape index (κ2) is 7.65. The van der Waals surface area contributed by atoms with E-state index < -0.39 is 5.91 Å². The maximum atomic E-state index is 11.8. The van der Waals surface area contributed by atoms with Gasteiger partial charge < -0.3 is 14.9 Å². The molecule has 1 amide bonds. The number of methoxy groups -OCH3 is 1. The normalized spacial score (nSPS) is 11.0. The van der Waals surface area contributed by atoms with Gasteiger partial charge in [-0.1, -0.05) is 24.3 Å². The predicted molar refractivity (Wildman–Crippen MR) is 87.8 cm³/mol. The van der Waals surface area contributed by atoms with E-state index in [4.69, 9.17) is 4.74 Å². The molecule has 0 unspecified atom stereocenters. The minimum absolute atomic E-state index is 0.0632. The molecule has 6 nitrogen and oxygen atoms in total. The van der Waals surface area contributed by atoms with Crippen LogP contribution in [0.1, 0.15) is 15.9 Å². The Morgan fingerprint density at radius 2 is 1.96 bits per heavy atom. The molecular weight excluding hydrogens is 296 g/mol. The van der Waals surface area contributed by atoms with E-state index in [1.807, 2.05) is 0 Å². The Morgan fingerprint density at radius 1 is 1.17 bits per heavy atom. The van der Waals surface area contributed by atoms with E-state index in [9.17, 15) is 15.0 Å². The third-order valence-electron chi connectivity index (χ3n) is 2.97. The van der Waals surface area contributed by atoms with Gasteiger partial charge in [-0.2, -0.15) is 5.10 Å². The van der Waals surface area contributed by atoms with Gasteiger partial charge in [-0.15, -0.1) is 0 Å². The molecule has 2 rings (SSSR count). The molecule has 3 N–H and O–H groups in total. The highest BCUT2D eigenvalue weighted by Crippen LogP contribution is 2.26. The number of para-hydroxylation sites is 1. The minimum atomic E-state index is -0.501. The van der Waals surface area contributed by atoms with Crippen LogP contribution in [-0.4, -0.2) is 29.4 Å². The number of benzene rings is 2. The number of nitrogens with zero attached hydrogens (tertiary/aromatic N) is 1. The predicted octanol–water partition coefficient (Wildman–Crippen LogP) is 2.54. The Kier molecular flexibility index (Phi) is 5.35. The fourth-order valence-electron chi connectivity index (χ4n) is 1.82. The van der Waals surface area contributed by atoms with Crippen molar-refractivity contribution in [2.75, 3.05) is 7.11 Å². The number of carbonyl (C=O) groups excluding carboxylic acids is 1. The summed E-state index contributed by atoms with van der Waals surface area (Å²) < 4.78 is 5.01. The van der Waals surface area contributed by atoms with Crippen LogP contribution in [0, 0.1) is 0 Å². The molecule has 2 aromatic rings. The number of carbonyl (C=O) groups is 1. The van der Waals surface area contributed by atoms with Crippen LogP contribution in [0.4, 0.5) is 0 Å². The van der Waals surface area contributed by atoms with Crippen LogP contribution in [0.2, 0.25) is 0 Å². The highest BCUT2D eigenvalue weighted by molar-refractivity contribution is 5.97. The standard InChI is InChI=1S/C17H16N2O4/c1-23-16-11-12(8-9-15(16)21)5-4-10-18-19-17(22)13-6-2-3-7-14(13)20/h2-11,20-21H,1H3,(H,19,22)/b5-4+,18-10+. The highest BCUT2D eigenvalue weighted by Gasteiger charge is 2.08. The zero-order valence-electron chi connectivity index (χ0n) is 12.4. The van der Waals surface area contributed by atoms with Crippen molar-refractivity contribution in [3.63, 3.8) is 0 Å². The number of rotatable bonds is 5. The number of aromatic hydroxyl groups is 2. The average Bonchev–Trinajstić information content (AvgIpc) is 2.56. The Balaban J connectivity index is 1.94. The number of nitrogens with one attached hydrogen (secondary N) is 1. The molecule has 0 aliphatic rings. The first-order chi connectivity index (χ1) is 11.1. The lowest BCUT2D eigenvalue weighted by atomic mass is 10.2. The van der Waals surface area contributed by atoms with E-state index >= 15 is 0 Å². The maximum absolute atomic E-state index is 11.8. The molecule has 0 radical (unpaired) electrons. The molecule has 0 heterocycles. The van der Waals surface area contributed by atoms with Gasteiger partial charge in [0.2, 0.25) is 0 Å². The van der Waals surface area contributed by atoms with Gasteiger partial charge in [-0.25, -0.2) is 5.43 Å². The van der Waals surface area contributed by atoms with Crippen molar-refractivity contribution in [3.8, 4) is 17.2 Å². The Labute approximate surface area is 133 Å². The molecular formula is C17H16N2O4. The lowest BCUT2D eigenvalue weighted by molar-refractivity contribution is 0.0952. The van der Waals surface area contributed by atoms with Gasteiger partial charge in [0, 0.05) is 6.21 Å². The fourth-order valence-corrected chi connectivity index (χ4v) is 1.82. The molecule has 118 valence electrons. The monoisotopic (exact) mass is 312 g/mol. The summed E-state index contributed by atoms with van der Waals surface area (Å²) >= 11 is 0. The topological polar surface area (TPSA) is 91.2 Å².